The molecule has 0 saturated heterocycles. The lowest BCUT2D eigenvalue weighted by Gasteiger charge is -2.24. The molecule has 3 atom stereocenters. The number of hydrogen-bond acceptors (Lipinski definition) is 4. The normalized spacial score (nSPS) is 29.5. The Hall–Kier alpha value is -1.49. The molecule has 2 aliphatic rings. The van der Waals surface area contributed by atoms with Gasteiger partial charge in [0.2, 0.25) is 0 Å². The van der Waals surface area contributed by atoms with Gasteiger partial charge in [0.1, 0.15) is 6.04 Å². The minimum absolute atomic E-state index is 0.0622. The summed E-state index contributed by atoms with van der Waals surface area (Å²) in [7, 11) is 0. The van der Waals surface area contributed by atoms with E-state index in [1.807, 2.05) is 17.7 Å². The van der Waals surface area contributed by atoms with Crippen LogP contribution in [0.15, 0.2) is 27.7 Å². The van der Waals surface area contributed by atoms with Crippen molar-refractivity contribution < 1.29 is 0 Å². The van der Waals surface area contributed by atoms with Gasteiger partial charge in [-0.1, -0.05) is 5.92 Å². The highest BCUT2D eigenvalue weighted by Crippen LogP contribution is 2.41. The van der Waals surface area contributed by atoms with Gasteiger partial charge in [-0.2, -0.15) is 5.26 Å². The van der Waals surface area contributed by atoms with E-state index in [9.17, 15) is 0 Å². The quantitative estimate of drug-likeness (QED) is 0.665. The fourth-order valence-corrected chi connectivity index (χ4v) is 2.86. The Labute approximate surface area is 92.7 Å². The first kappa shape index (κ1) is 10.0. The molecule has 0 bridgehead atoms. The maximum atomic E-state index is 8.82. The largest absolute Gasteiger partial charge is 0.312 e. The van der Waals surface area contributed by atoms with Crippen LogP contribution < -0.4 is 5.73 Å². The van der Waals surface area contributed by atoms with Crippen molar-refractivity contribution in [2.75, 3.05) is 0 Å². The van der Waals surface area contributed by atoms with Crippen LogP contribution >= 0.6 is 11.8 Å². The van der Waals surface area contributed by atoms with Gasteiger partial charge in [-0.3, -0.25) is 4.99 Å². The van der Waals surface area contributed by atoms with Gasteiger partial charge in [-0.15, -0.1) is 18.2 Å². The van der Waals surface area contributed by atoms with Gasteiger partial charge < -0.3 is 5.73 Å². The van der Waals surface area contributed by atoms with E-state index in [-0.39, 0.29) is 11.2 Å². The topological polar surface area (TPSA) is 62.2 Å². The lowest BCUT2D eigenvalue weighted by atomic mass is 9.85. The molecule has 15 heavy (non-hydrogen) atoms. The zero-order valence-corrected chi connectivity index (χ0v) is 8.74. The molecule has 0 aromatic carbocycles. The number of hydrogen-bond donors (Lipinski definition) is 1. The third kappa shape index (κ3) is 1.59. The van der Waals surface area contributed by atoms with Crippen molar-refractivity contribution in [3.05, 3.63) is 22.8 Å². The van der Waals surface area contributed by atoms with Crippen molar-refractivity contribution in [3.8, 4) is 18.4 Å². The van der Waals surface area contributed by atoms with E-state index in [4.69, 9.17) is 17.4 Å². The minimum Gasteiger partial charge on any atom is -0.312 e. The molecule has 0 aromatic heterocycles. The van der Waals surface area contributed by atoms with Crippen molar-refractivity contribution in [1.82, 2.24) is 0 Å². The standard InChI is InChI=1S/C11H9N3S/c1-2-7-6-15-10-5-14-4-8(11(7)10)9(13)3-12/h1,4-6,9-11H,13H2. The highest BCUT2D eigenvalue weighted by Gasteiger charge is 2.35. The highest BCUT2D eigenvalue weighted by atomic mass is 32.2. The van der Waals surface area contributed by atoms with Gasteiger partial charge in [0.15, 0.2) is 0 Å². The van der Waals surface area contributed by atoms with Gasteiger partial charge in [-0.05, 0) is 11.0 Å². The lowest BCUT2D eigenvalue weighted by Crippen LogP contribution is -2.32. The van der Waals surface area contributed by atoms with Crippen LogP contribution in [-0.2, 0) is 0 Å². The van der Waals surface area contributed by atoms with E-state index in [1.165, 1.54) is 0 Å². The molecular weight excluding hydrogens is 206 g/mol. The van der Waals surface area contributed by atoms with Crippen LogP contribution in [0, 0.1) is 29.6 Å². The first-order valence-corrected chi connectivity index (χ1v) is 5.42. The second kappa shape index (κ2) is 3.94. The molecule has 0 aromatic rings. The van der Waals surface area contributed by atoms with Gasteiger partial charge >= 0.3 is 0 Å². The molecule has 3 unspecified atom stereocenters. The molecule has 2 aliphatic heterocycles. The smallest absolute Gasteiger partial charge is 0.117 e. The zero-order valence-electron chi connectivity index (χ0n) is 7.92. The first-order chi connectivity index (χ1) is 7.27. The number of rotatable bonds is 1. The summed E-state index contributed by atoms with van der Waals surface area (Å²) in [5.41, 5.74) is 7.43. The molecule has 0 fully saturated rings. The monoisotopic (exact) mass is 215 g/mol. The SMILES string of the molecule is C#CC1=CSC2C=NC=C(C(N)C#N)C12. The fraction of sp³-hybridized carbons (Fsp3) is 0.273. The van der Waals surface area contributed by atoms with E-state index in [0.29, 0.717) is 0 Å². The molecule has 2 N–H and O–H groups in total. The van der Waals surface area contributed by atoms with Crippen LogP contribution in [0.2, 0.25) is 0 Å². The second-order valence-electron chi connectivity index (χ2n) is 3.33. The summed E-state index contributed by atoms with van der Waals surface area (Å²) in [6, 6.07) is 1.40. The Morgan fingerprint density at radius 3 is 3.13 bits per heavy atom. The molecular formula is C11H9N3S. The van der Waals surface area contributed by atoms with Gasteiger partial charge in [0, 0.05) is 23.9 Å². The van der Waals surface area contributed by atoms with Crippen molar-refractivity contribution in [2.24, 2.45) is 16.6 Å². The predicted molar refractivity (Wildman–Crippen MR) is 61.9 cm³/mol. The minimum atomic E-state index is -0.620. The molecule has 0 amide bonds. The number of nitrogens with zero attached hydrogens (tertiary/aromatic N) is 2. The van der Waals surface area contributed by atoms with E-state index >= 15 is 0 Å². The molecule has 2 rings (SSSR count). The molecule has 0 radical (unpaired) electrons. The number of nitriles is 1. The summed E-state index contributed by atoms with van der Waals surface area (Å²) in [5, 5.41) is 11.0. The van der Waals surface area contributed by atoms with Crippen LogP contribution in [0.25, 0.3) is 0 Å². The maximum Gasteiger partial charge on any atom is 0.117 e. The number of thioether (sulfide) groups is 1. The molecule has 74 valence electrons. The number of terminal acetylenes is 1. The van der Waals surface area contributed by atoms with Gasteiger partial charge in [0.05, 0.1) is 11.3 Å². The van der Waals surface area contributed by atoms with E-state index in [2.05, 4.69) is 10.9 Å². The number of fused-ring (bicyclic) bond motifs is 1. The highest BCUT2D eigenvalue weighted by molar-refractivity contribution is 8.03. The van der Waals surface area contributed by atoms with Crippen LogP contribution in [0.1, 0.15) is 0 Å². The predicted octanol–water partition coefficient (Wildman–Crippen LogP) is 1.05. The second-order valence-corrected chi connectivity index (χ2v) is 4.38. The van der Waals surface area contributed by atoms with Crippen molar-refractivity contribution in [3.63, 3.8) is 0 Å². The van der Waals surface area contributed by atoms with Gasteiger partial charge in [-0.25, -0.2) is 0 Å². The molecule has 0 saturated carbocycles. The molecule has 2 heterocycles. The zero-order chi connectivity index (χ0) is 10.8. The molecule has 0 aliphatic carbocycles. The molecule has 3 nitrogen and oxygen atoms in total. The molecule has 0 spiro atoms. The van der Waals surface area contributed by atoms with Crippen LogP contribution in [0.3, 0.4) is 0 Å². The maximum absolute atomic E-state index is 8.82. The summed E-state index contributed by atoms with van der Waals surface area (Å²) in [6.07, 6.45) is 8.93. The average molecular weight is 215 g/mol. The average Bonchev–Trinajstić information content (AvgIpc) is 2.70. The number of allylic oxidation sites excluding steroid dienone is 1. The Balaban J connectivity index is 2.36. The summed E-state index contributed by atoms with van der Waals surface area (Å²) >= 11 is 1.63. The van der Waals surface area contributed by atoms with Crippen LogP contribution in [0.5, 0.6) is 0 Å². The Morgan fingerprint density at radius 1 is 1.67 bits per heavy atom. The molecule has 4 heteroatoms. The summed E-state index contributed by atoms with van der Waals surface area (Å²) in [4.78, 5) is 4.10. The van der Waals surface area contributed by atoms with Crippen molar-refractivity contribution in [1.29, 1.82) is 5.26 Å². The Kier molecular flexibility index (Phi) is 2.64. The Morgan fingerprint density at radius 2 is 2.47 bits per heavy atom. The van der Waals surface area contributed by atoms with E-state index in [0.717, 1.165) is 11.1 Å². The number of aliphatic imine (C=N–C) groups is 1. The van der Waals surface area contributed by atoms with Gasteiger partial charge in [0.25, 0.3) is 0 Å². The van der Waals surface area contributed by atoms with Crippen molar-refractivity contribution >= 4 is 18.0 Å². The third-order valence-electron chi connectivity index (χ3n) is 2.50. The number of nitrogens with two attached hydrogens (primary N) is 1. The van der Waals surface area contributed by atoms with Crippen molar-refractivity contribution in [2.45, 2.75) is 11.3 Å². The Bertz CT molecular complexity index is 447. The van der Waals surface area contributed by atoms with Crippen LogP contribution in [0.4, 0.5) is 0 Å². The lowest BCUT2D eigenvalue weighted by molar-refractivity contribution is 0.724. The van der Waals surface area contributed by atoms with Crippen LogP contribution in [-0.4, -0.2) is 17.5 Å². The van der Waals surface area contributed by atoms with E-state index < -0.39 is 6.04 Å². The first-order valence-electron chi connectivity index (χ1n) is 4.48. The fourth-order valence-electron chi connectivity index (χ4n) is 1.74. The van der Waals surface area contributed by atoms with E-state index in [1.54, 1.807) is 18.0 Å². The summed E-state index contributed by atoms with van der Waals surface area (Å²) in [6.45, 7) is 0. The summed E-state index contributed by atoms with van der Waals surface area (Å²) < 4.78 is 0. The third-order valence-corrected chi connectivity index (χ3v) is 3.59. The summed E-state index contributed by atoms with van der Waals surface area (Å²) in [5.74, 6) is 2.71.